The average Bonchev–Trinajstić information content (AvgIpc) is 2.59. The number of likely N-dealkylation sites (tertiary alicyclic amines) is 1. The number of aliphatic hydroxyl groups is 1. The van der Waals surface area contributed by atoms with Crippen LogP contribution in [0.5, 0.6) is 0 Å². The number of aromatic nitrogens is 2. The van der Waals surface area contributed by atoms with Gasteiger partial charge in [-0.05, 0) is 58.2 Å². The topological polar surface area (TPSA) is 76.3 Å². The van der Waals surface area contributed by atoms with Gasteiger partial charge >= 0.3 is 0 Å². The van der Waals surface area contributed by atoms with Crippen molar-refractivity contribution in [2.45, 2.75) is 51.6 Å². The molecule has 2 aliphatic rings. The fraction of sp³-hybridized carbons (Fsp3) is 0.722. The van der Waals surface area contributed by atoms with Crippen molar-refractivity contribution in [2.24, 2.45) is 0 Å². The van der Waals surface area contributed by atoms with Crippen LogP contribution in [-0.2, 0) is 0 Å². The van der Waals surface area contributed by atoms with Gasteiger partial charge in [-0.25, -0.2) is 0 Å². The van der Waals surface area contributed by atoms with E-state index >= 15 is 0 Å². The van der Waals surface area contributed by atoms with E-state index < -0.39 is 5.60 Å². The van der Waals surface area contributed by atoms with Crippen LogP contribution in [-0.4, -0.2) is 58.5 Å². The van der Waals surface area contributed by atoms with E-state index in [9.17, 15) is 10.4 Å². The van der Waals surface area contributed by atoms with Gasteiger partial charge in [-0.3, -0.25) is 0 Å². The van der Waals surface area contributed by atoms with Gasteiger partial charge < -0.3 is 14.9 Å². The number of rotatable bonds is 3. The van der Waals surface area contributed by atoms with Gasteiger partial charge in [0.15, 0.2) is 5.82 Å². The fourth-order valence-electron chi connectivity index (χ4n) is 3.78. The van der Waals surface area contributed by atoms with E-state index in [2.05, 4.69) is 26.1 Å². The Bertz CT molecular complexity index is 625. The summed E-state index contributed by atoms with van der Waals surface area (Å²) >= 11 is 0. The lowest BCUT2D eigenvalue weighted by Crippen LogP contribution is -2.52. The molecule has 0 radical (unpaired) electrons. The molecule has 24 heavy (non-hydrogen) atoms. The number of piperidine rings is 2. The Kier molecular flexibility index (Phi) is 5.02. The Morgan fingerprint density at radius 3 is 2.38 bits per heavy atom. The van der Waals surface area contributed by atoms with Crippen LogP contribution < -0.4 is 4.90 Å². The van der Waals surface area contributed by atoms with Crippen molar-refractivity contribution in [1.29, 1.82) is 5.26 Å². The standard InChI is InChI=1S/C18H27N5O/c1-14-15(2)20-21-17(16(14)12-19)23-10-6-18(24,7-11-23)13-22-8-4-3-5-9-22/h24H,3-11,13H2,1-2H3. The van der Waals surface area contributed by atoms with Crippen molar-refractivity contribution in [3.8, 4) is 6.07 Å². The van der Waals surface area contributed by atoms with Crippen molar-refractivity contribution in [2.75, 3.05) is 37.6 Å². The Hall–Kier alpha value is -1.71. The number of hydrogen-bond acceptors (Lipinski definition) is 6. The highest BCUT2D eigenvalue weighted by Crippen LogP contribution is 2.29. The van der Waals surface area contributed by atoms with Gasteiger partial charge in [-0.1, -0.05) is 6.42 Å². The second-order valence-corrected chi connectivity index (χ2v) is 7.27. The molecule has 1 aromatic heterocycles. The molecule has 2 saturated heterocycles. The van der Waals surface area contributed by atoms with Crippen LogP contribution in [0.4, 0.5) is 5.82 Å². The highest BCUT2D eigenvalue weighted by molar-refractivity contribution is 5.57. The van der Waals surface area contributed by atoms with Gasteiger partial charge in [-0.2, -0.15) is 10.4 Å². The number of β-amino-alcohol motifs (C(OH)–C–C–N with tert-alkyl or cyclic N) is 1. The van der Waals surface area contributed by atoms with Crippen LogP contribution in [0.25, 0.3) is 0 Å². The first kappa shape index (κ1) is 17.1. The van der Waals surface area contributed by atoms with E-state index in [1.807, 2.05) is 13.8 Å². The summed E-state index contributed by atoms with van der Waals surface area (Å²) < 4.78 is 0. The van der Waals surface area contributed by atoms with E-state index in [0.717, 1.165) is 44.0 Å². The summed E-state index contributed by atoms with van der Waals surface area (Å²) in [6, 6.07) is 2.27. The monoisotopic (exact) mass is 329 g/mol. The summed E-state index contributed by atoms with van der Waals surface area (Å²) in [5.41, 5.74) is 1.70. The smallest absolute Gasteiger partial charge is 0.169 e. The molecule has 3 heterocycles. The van der Waals surface area contributed by atoms with E-state index in [1.54, 1.807) is 0 Å². The maximum absolute atomic E-state index is 10.9. The van der Waals surface area contributed by atoms with Crippen molar-refractivity contribution in [1.82, 2.24) is 15.1 Å². The van der Waals surface area contributed by atoms with Crippen molar-refractivity contribution < 1.29 is 5.11 Å². The zero-order valence-electron chi connectivity index (χ0n) is 14.8. The van der Waals surface area contributed by atoms with Crippen LogP contribution in [0, 0.1) is 25.2 Å². The summed E-state index contributed by atoms with van der Waals surface area (Å²) in [7, 11) is 0. The summed E-state index contributed by atoms with van der Waals surface area (Å²) in [5.74, 6) is 0.667. The fourth-order valence-corrected chi connectivity index (χ4v) is 3.78. The zero-order valence-corrected chi connectivity index (χ0v) is 14.8. The Morgan fingerprint density at radius 1 is 1.08 bits per heavy atom. The molecule has 130 valence electrons. The molecule has 0 atom stereocenters. The van der Waals surface area contributed by atoms with Crippen LogP contribution >= 0.6 is 0 Å². The third-order valence-corrected chi connectivity index (χ3v) is 5.51. The zero-order chi connectivity index (χ0) is 17.2. The number of nitriles is 1. The molecule has 3 rings (SSSR count). The summed E-state index contributed by atoms with van der Waals surface area (Å²) in [6.45, 7) is 8.21. The molecule has 0 aliphatic carbocycles. The quantitative estimate of drug-likeness (QED) is 0.911. The van der Waals surface area contributed by atoms with E-state index in [-0.39, 0.29) is 0 Å². The molecule has 1 aromatic rings. The molecule has 0 amide bonds. The minimum atomic E-state index is -0.617. The Balaban J connectivity index is 1.67. The predicted octanol–water partition coefficient (Wildman–Crippen LogP) is 1.78. The molecular formula is C18H27N5O. The predicted molar refractivity (Wildman–Crippen MR) is 92.9 cm³/mol. The second kappa shape index (κ2) is 7.04. The third-order valence-electron chi connectivity index (χ3n) is 5.51. The van der Waals surface area contributed by atoms with Crippen LogP contribution in [0.3, 0.4) is 0 Å². The molecule has 0 bridgehead atoms. The third kappa shape index (κ3) is 3.52. The molecule has 0 unspecified atom stereocenters. The Labute approximate surface area is 144 Å². The number of aryl methyl sites for hydroxylation is 1. The minimum Gasteiger partial charge on any atom is -0.388 e. The number of nitrogens with zero attached hydrogens (tertiary/aromatic N) is 5. The summed E-state index contributed by atoms with van der Waals surface area (Å²) in [5, 5.41) is 28.9. The molecule has 0 spiro atoms. The first-order valence-electron chi connectivity index (χ1n) is 8.96. The first-order chi connectivity index (χ1) is 11.5. The molecular weight excluding hydrogens is 302 g/mol. The number of hydrogen-bond donors (Lipinski definition) is 1. The van der Waals surface area contributed by atoms with Gasteiger partial charge in [0.25, 0.3) is 0 Å². The lowest BCUT2D eigenvalue weighted by molar-refractivity contribution is -0.0202. The maximum atomic E-state index is 10.9. The summed E-state index contributed by atoms with van der Waals surface area (Å²) in [6.07, 6.45) is 5.22. The second-order valence-electron chi connectivity index (χ2n) is 7.27. The SMILES string of the molecule is Cc1nnc(N2CCC(O)(CN3CCCCC3)CC2)c(C#N)c1C. The van der Waals surface area contributed by atoms with Crippen molar-refractivity contribution >= 4 is 5.82 Å². The van der Waals surface area contributed by atoms with E-state index in [1.165, 1.54) is 19.3 Å². The molecule has 0 saturated carbocycles. The molecule has 1 N–H and O–H groups in total. The molecule has 0 aromatic carbocycles. The van der Waals surface area contributed by atoms with Gasteiger partial charge in [0.2, 0.25) is 0 Å². The molecule has 6 heteroatoms. The lowest BCUT2D eigenvalue weighted by atomic mass is 9.90. The minimum absolute atomic E-state index is 0.615. The molecule has 2 fully saturated rings. The van der Waals surface area contributed by atoms with Gasteiger partial charge in [-0.15, -0.1) is 5.10 Å². The van der Waals surface area contributed by atoms with Gasteiger partial charge in [0.05, 0.1) is 11.3 Å². The Morgan fingerprint density at radius 2 is 1.75 bits per heavy atom. The number of anilines is 1. The maximum Gasteiger partial charge on any atom is 0.169 e. The van der Waals surface area contributed by atoms with E-state index in [0.29, 0.717) is 24.2 Å². The van der Waals surface area contributed by atoms with Crippen molar-refractivity contribution in [3.63, 3.8) is 0 Å². The van der Waals surface area contributed by atoms with Gasteiger partial charge in [0.1, 0.15) is 11.6 Å². The molecule has 6 nitrogen and oxygen atoms in total. The van der Waals surface area contributed by atoms with Crippen molar-refractivity contribution in [3.05, 3.63) is 16.8 Å². The molecule has 2 aliphatic heterocycles. The van der Waals surface area contributed by atoms with Crippen LogP contribution in [0.15, 0.2) is 0 Å². The van der Waals surface area contributed by atoms with Gasteiger partial charge in [0, 0.05) is 19.6 Å². The normalized spacial score (nSPS) is 21.5. The largest absolute Gasteiger partial charge is 0.388 e. The van der Waals surface area contributed by atoms with E-state index in [4.69, 9.17) is 0 Å². The summed E-state index contributed by atoms with van der Waals surface area (Å²) in [4.78, 5) is 4.50. The van der Waals surface area contributed by atoms with Crippen LogP contribution in [0.1, 0.15) is 48.9 Å². The average molecular weight is 329 g/mol. The highest BCUT2D eigenvalue weighted by Gasteiger charge is 2.35. The lowest BCUT2D eigenvalue weighted by Gasteiger charge is -2.42. The highest BCUT2D eigenvalue weighted by atomic mass is 16.3. The van der Waals surface area contributed by atoms with Crippen LogP contribution in [0.2, 0.25) is 0 Å². The first-order valence-corrected chi connectivity index (χ1v) is 8.96.